The van der Waals surface area contributed by atoms with Gasteiger partial charge in [0.25, 0.3) is 0 Å². The van der Waals surface area contributed by atoms with Gasteiger partial charge in [-0.1, -0.05) is 49.4 Å². The fraction of sp³-hybridized carbons (Fsp3) is 0.333. The van der Waals surface area contributed by atoms with Crippen LogP contribution in [0.2, 0.25) is 0 Å². The number of rotatable bonds is 6. The number of carbonyl (C=O) groups is 2. The maximum atomic E-state index is 12.0. The Morgan fingerprint density at radius 1 is 1.09 bits per heavy atom. The lowest BCUT2D eigenvalue weighted by Gasteiger charge is -2.28. The molecule has 0 aromatic heterocycles. The molecule has 2 aromatic carbocycles. The molecule has 0 aliphatic carbocycles. The van der Waals surface area contributed by atoms with Gasteiger partial charge in [0.2, 0.25) is 11.8 Å². The SMILES string of the molecule is CCC(=O)N(CC)C(Cc1ccc2ccccc2c1)C(N)=O.Cl. The van der Waals surface area contributed by atoms with E-state index in [1.807, 2.05) is 43.3 Å². The van der Waals surface area contributed by atoms with Crippen molar-refractivity contribution in [1.82, 2.24) is 4.90 Å². The van der Waals surface area contributed by atoms with Crippen LogP contribution < -0.4 is 5.73 Å². The Morgan fingerprint density at radius 2 is 1.74 bits per heavy atom. The van der Waals surface area contributed by atoms with E-state index in [1.54, 1.807) is 11.8 Å². The van der Waals surface area contributed by atoms with Crippen molar-refractivity contribution in [2.75, 3.05) is 6.54 Å². The summed E-state index contributed by atoms with van der Waals surface area (Å²) in [4.78, 5) is 25.4. The van der Waals surface area contributed by atoms with E-state index in [1.165, 1.54) is 0 Å². The Bertz CT molecular complexity index is 688. The van der Waals surface area contributed by atoms with Crippen molar-refractivity contribution in [2.45, 2.75) is 32.7 Å². The highest BCUT2D eigenvalue weighted by molar-refractivity contribution is 5.87. The van der Waals surface area contributed by atoms with Crippen LogP contribution >= 0.6 is 12.4 Å². The molecular weight excluding hydrogens is 312 g/mol. The largest absolute Gasteiger partial charge is 0.368 e. The minimum absolute atomic E-state index is 0. The number of nitrogens with zero attached hydrogens (tertiary/aromatic N) is 1. The first-order valence-electron chi connectivity index (χ1n) is 7.63. The van der Waals surface area contributed by atoms with Crippen LogP contribution in [0.4, 0.5) is 0 Å². The second kappa shape index (κ2) is 8.53. The van der Waals surface area contributed by atoms with E-state index < -0.39 is 11.9 Å². The van der Waals surface area contributed by atoms with E-state index in [2.05, 4.69) is 6.07 Å². The summed E-state index contributed by atoms with van der Waals surface area (Å²) in [6.45, 7) is 4.14. The molecule has 2 aromatic rings. The van der Waals surface area contributed by atoms with Crippen molar-refractivity contribution in [3.8, 4) is 0 Å². The molecule has 124 valence electrons. The van der Waals surface area contributed by atoms with E-state index in [9.17, 15) is 9.59 Å². The highest BCUT2D eigenvalue weighted by atomic mass is 35.5. The predicted octanol–water partition coefficient (Wildman–Crippen LogP) is 2.92. The second-order valence-electron chi connectivity index (χ2n) is 5.34. The number of likely N-dealkylation sites (N-methyl/N-ethyl adjacent to an activating group) is 1. The molecule has 0 aliphatic heterocycles. The molecule has 0 saturated heterocycles. The van der Waals surface area contributed by atoms with Crippen LogP contribution in [0, 0.1) is 0 Å². The fourth-order valence-corrected chi connectivity index (χ4v) is 2.73. The zero-order valence-corrected chi connectivity index (χ0v) is 14.3. The Labute approximate surface area is 143 Å². The van der Waals surface area contributed by atoms with E-state index in [0.29, 0.717) is 19.4 Å². The van der Waals surface area contributed by atoms with Gasteiger partial charge in [-0.15, -0.1) is 12.4 Å². The molecule has 2 N–H and O–H groups in total. The lowest BCUT2D eigenvalue weighted by atomic mass is 10.00. The summed E-state index contributed by atoms with van der Waals surface area (Å²) in [6.07, 6.45) is 0.815. The molecular formula is C18H23ClN2O2. The molecule has 1 atom stereocenters. The molecule has 2 rings (SSSR count). The molecule has 0 bridgehead atoms. The lowest BCUT2D eigenvalue weighted by Crippen LogP contribution is -2.48. The van der Waals surface area contributed by atoms with Crippen LogP contribution in [0.5, 0.6) is 0 Å². The van der Waals surface area contributed by atoms with Crippen molar-refractivity contribution in [2.24, 2.45) is 5.73 Å². The van der Waals surface area contributed by atoms with Gasteiger partial charge in [-0.3, -0.25) is 9.59 Å². The van der Waals surface area contributed by atoms with Crippen molar-refractivity contribution >= 4 is 35.0 Å². The molecule has 5 heteroatoms. The van der Waals surface area contributed by atoms with Gasteiger partial charge in [0.15, 0.2) is 0 Å². The molecule has 2 amide bonds. The van der Waals surface area contributed by atoms with E-state index >= 15 is 0 Å². The highest BCUT2D eigenvalue weighted by Crippen LogP contribution is 2.18. The minimum Gasteiger partial charge on any atom is -0.368 e. The summed E-state index contributed by atoms with van der Waals surface area (Å²) in [7, 11) is 0. The summed E-state index contributed by atoms with van der Waals surface area (Å²) in [5, 5.41) is 2.27. The minimum atomic E-state index is -0.599. The fourth-order valence-electron chi connectivity index (χ4n) is 2.73. The lowest BCUT2D eigenvalue weighted by molar-refractivity contribution is -0.138. The average molecular weight is 335 g/mol. The smallest absolute Gasteiger partial charge is 0.240 e. The summed E-state index contributed by atoms with van der Waals surface area (Å²) in [6, 6.07) is 13.5. The van der Waals surface area contributed by atoms with Gasteiger partial charge in [0, 0.05) is 19.4 Å². The van der Waals surface area contributed by atoms with Crippen LogP contribution in [-0.2, 0) is 16.0 Å². The molecule has 0 spiro atoms. The van der Waals surface area contributed by atoms with E-state index in [0.717, 1.165) is 16.3 Å². The van der Waals surface area contributed by atoms with Crippen molar-refractivity contribution in [3.63, 3.8) is 0 Å². The standard InChI is InChI=1S/C18H22N2O2.ClH/c1-3-17(21)20(4-2)16(18(19)22)12-13-9-10-14-7-5-6-8-15(14)11-13;/h5-11,16H,3-4,12H2,1-2H3,(H2,19,22);1H. The van der Waals surface area contributed by atoms with E-state index in [-0.39, 0.29) is 18.3 Å². The maximum Gasteiger partial charge on any atom is 0.240 e. The number of carbonyl (C=O) groups excluding carboxylic acids is 2. The van der Waals surface area contributed by atoms with E-state index in [4.69, 9.17) is 5.73 Å². The molecule has 1 unspecified atom stereocenters. The third kappa shape index (κ3) is 4.45. The summed E-state index contributed by atoms with van der Waals surface area (Å²) in [5.41, 5.74) is 6.54. The molecule has 23 heavy (non-hydrogen) atoms. The molecule has 0 heterocycles. The molecule has 0 aliphatic rings. The van der Waals surface area contributed by atoms with Crippen molar-refractivity contribution in [3.05, 3.63) is 48.0 Å². The number of halogens is 1. The Hall–Kier alpha value is -2.07. The van der Waals surface area contributed by atoms with Crippen LogP contribution in [-0.4, -0.2) is 29.3 Å². The summed E-state index contributed by atoms with van der Waals surface area (Å²) >= 11 is 0. The normalized spacial score (nSPS) is 11.6. The van der Waals surface area contributed by atoms with Gasteiger partial charge >= 0.3 is 0 Å². The zero-order valence-electron chi connectivity index (χ0n) is 13.5. The molecule has 4 nitrogen and oxygen atoms in total. The number of benzene rings is 2. The van der Waals surface area contributed by atoms with Crippen LogP contribution in [0.15, 0.2) is 42.5 Å². The van der Waals surface area contributed by atoms with Crippen molar-refractivity contribution in [1.29, 1.82) is 0 Å². The van der Waals surface area contributed by atoms with Gasteiger partial charge < -0.3 is 10.6 Å². The number of fused-ring (bicyclic) bond motifs is 1. The van der Waals surface area contributed by atoms with Gasteiger partial charge in [0.1, 0.15) is 6.04 Å². The Balaban J connectivity index is 0.00000264. The Morgan fingerprint density at radius 3 is 2.30 bits per heavy atom. The van der Waals surface area contributed by atoms with Gasteiger partial charge in [-0.25, -0.2) is 0 Å². The molecule has 0 fully saturated rings. The monoisotopic (exact) mass is 334 g/mol. The van der Waals surface area contributed by atoms with Crippen LogP contribution in [0.1, 0.15) is 25.8 Å². The van der Waals surface area contributed by atoms with Gasteiger partial charge in [-0.05, 0) is 23.3 Å². The average Bonchev–Trinajstić information content (AvgIpc) is 2.54. The quantitative estimate of drug-likeness (QED) is 0.882. The number of primary amides is 1. The number of hydrogen-bond acceptors (Lipinski definition) is 2. The topological polar surface area (TPSA) is 63.4 Å². The third-order valence-electron chi connectivity index (χ3n) is 3.91. The van der Waals surface area contributed by atoms with Gasteiger partial charge in [-0.2, -0.15) is 0 Å². The third-order valence-corrected chi connectivity index (χ3v) is 3.91. The van der Waals surface area contributed by atoms with Crippen LogP contribution in [0.3, 0.4) is 0 Å². The Kier molecular flexibility index (Phi) is 7.04. The molecule has 0 saturated carbocycles. The predicted molar refractivity (Wildman–Crippen MR) is 95.6 cm³/mol. The first-order chi connectivity index (χ1) is 10.6. The van der Waals surface area contributed by atoms with Crippen LogP contribution in [0.25, 0.3) is 10.8 Å². The van der Waals surface area contributed by atoms with Crippen molar-refractivity contribution < 1.29 is 9.59 Å². The maximum absolute atomic E-state index is 12.0. The highest BCUT2D eigenvalue weighted by Gasteiger charge is 2.26. The summed E-state index contributed by atoms with van der Waals surface area (Å²) < 4.78 is 0. The second-order valence-corrected chi connectivity index (χ2v) is 5.34. The first-order valence-corrected chi connectivity index (χ1v) is 7.63. The first kappa shape index (κ1) is 19.0. The number of nitrogens with two attached hydrogens (primary N) is 1. The number of amides is 2. The zero-order chi connectivity index (χ0) is 16.1. The number of hydrogen-bond donors (Lipinski definition) is 1. The summed E-state index contributed by atoms with van der Waals surface area (Å²) in [5.74, 6) is -0.510. The molecule has 0 radical (unpaired) electrons. The van der Waals surface area contributed by atoms with Gasteiger partial charge in [0.05, 0.1) is 0 Å².